The first-order valence-electron chi connectivity index (χ1n) is 3.16. The fourth-order valence-corrected chi connectivity index (χ4v) is 1.01. The van der Waals surface area contributed by atoms with Crippen molar-refractivity contribution in [3.8, 4) is 0 Å². The van der Waals surface area contributed by atoms with Crippen LogP contribution in [0.3, 0.4) is 0 Å². The standard InChI is InChI=1S/C6H10BNO/c1-4-6(3-7)5(2)9-8-4/h5-6H,3H2,1-2H3. The smallest absolute Gasteiger partial charge is 0.132 e. The van der Waals surface area contributed by atoms with Crippen molar-refractivity contribution in [2.75, 3.05) is 0 Å². The van der Waals surface area contributed by atoms with Gasteiger partial charge < -0.3 is 4.84 Å². The van der Waals surface area contributed by atoms with Gasteiger partial charge in [0.05, 0.1) is 13.6 Å². The molecular weight excluding hydrogens is 113 g/mol. The molecular formula is C6H10BNO. The van der Waals surface area contributed by atoms with E-state index in [2.05, 4.69) is 5.16 Å². The van der Waals surface area contributed by atoms with E-state index in [1.54, 1.807) is 0 Å². The lowest BCUT2D eigenvalue weighted by atomic mass is 9.85. The Hall–Kier alpha value is -0.465. The van der Waals surface area contributed by atoms with Gasteiger partial charge in [-0.2, -0.15) is 0 Å². The molecule has 2 radical (unpaired) electrons. The first-order valence-corrected chi connectivity index (χ1v) is 3.16. The van der Waals surface area contributed by atoms with Gasteiger partial charge in [0, 0.05) is 5.92 Å². The SMILES string of the molecule is [B]CC1C(C)=NOC1C. The summed E-state index contributed by atoms with van der Waals surface area (Å²) in [6.45, 7) is 3.93. The van der Waals surface area contributed by atoms with Gasteiger partial charge in [0.15, 0.2) is 0 Å². The second kappa shape index (κ2) is 2.42. The average molecular weight is 123 g/mol. The van der Waals surface area contributed by atoms with Crippen LogP contribution in [0.2, 0.25) is 6.32 Å². The molecule has 2 nitrogen and oxygen atoms in total. The quantitative estimate of drug-likeness (QED) is 0.476. The van der Waals surface area contributed by atoms with Crippen LogP contribution < -0.4 is 0 Å². The van der Waals surface area contributed by atoms with E-state index < -0.39 is 0 Å². The van der Waals surface area contributed by atoms with Crippen LogP contribution in [0.4, 0.5) is 0 Å². The molecule has 1 heterocycles. The van der Waals surface area contributed by atoms with Gasteiger partial charge in [0.25, 0.3) is 0 Å². The maximum absolute atomic E-state index is 5.45. The normalized spacial score (nSPS) is 33.8. The molecule has 0 N–H and O–H groups in total. The number of oxime groups is 1. The lowest BCUT2D eigenvalue weighted by Gasteiger charge is -2.09. The second-order valence-electron chi connectivity index (χ2n) is 2.39. The van der Waals surface area contributed by atoms with E-state index in [9.17, 15) is 0 Å². The number of hydrogen-bond donors (Lipinski definition) is 0. The lowest BCUT2D eigenvalue weighted by Crippen LogP contribution is -2.17. The molecule has 0 aliphatic carbocycles. The third kappa shape index (κ3) is 1.09. The molecule has 1 rings (SSSR count). The molecule has 2 unspecified atom stereocenters. The van der Waals surface area contributed by atoms with E-state index in [0.717, 1.165) is 5.71 Å². The van der Waals surface area contributed by atoms with Crippen molar-refractivity contribution >= 4 is 13.6 Å². The molecule has 2 atom stereocenters. The van der Waals surface area contributed by atoms with Crippen molar-refractivity contribution in [1.82, 2.24) is 0 Å². The van der Waals surface area contributed by atoms with Gasteiger partial charge in [-0.05, 0) is 13.8 Å². The van der Waals surface area contributed by atoms with Crippen LogP contribution in [-0.2, 0) is 4.84 Å². The fraction of sp³-hybridized carbons (Fsp3) is 0.833. The molecule has 0 amide bonds. The van der Waals surface area contributed by atoms with Crippen LogP contribution >= 0.6 is 0 Å². The molecule has 0 saturated carbocycles. The highest BCUT2D eigenvalue weighted by Gasteiger charge is 2.24. The van der Waals surface area contributed by atoms with Crippen molar-refractivity contribution < 1.29 is 4.84 Å². The van der Waals surface area contributed by atoms with E-state index in [1.165, 1.54) is 0 Å². The van der Waals surface area contributed by atoms with E-state index in [4.69, 9.17) is 12.7 Å². The van der Waals surface area contributed by atoms with E-state index in [-0.39, 0.29) is 6.10 Å². The maximum atomic E-state index is 5.45. The molecule has 0 aromatic carbocycles. The van der Waals surface area contributed by atoms with Crippen LogP contribution in [0.5, 0.6) is 0 Å². The first kappa shape index (κ1) is 6.65. The summed E-state index contributed by atoms with van der Waals surface area (Å²) in [4.78, 5) is 4.98. The highest BCUT2D eigenvalue weighted by atomic mass is 16.6. The molecule has 0 aromatic heterocycles. The predicted octanol–water partition coefficient (Wildman–Crippen LogP) is 0.984. The van der Waals surface area contributed by atoms with Gasteiger partial charge in [-0.25, -0.2) is 0 Å². The average Bonchev–Trinajstić information content (AvgIpc) is 2.12. The molecule has 9 heavy (non-hydrogen) atoms. The van der Waals surface area contributed by atoms with Crippen LogP contribution in [0.15, 0.2) is 5.16 Å². The largest absolute Gasteiger partial charge is 0.392 e. The highest BCUT2D eigenvalue weighted by molar-refractivity contribution is 6.11. The third-order valence-electron chi connectivity index (χ3n) is 1.72. The predicted molar refractivity (Wildman–Crippen MR) is 37.7 cm³/mol. The zero-order valence-corrected chi connectivity index (χ0v) is 5.79. The zero-order valence-electron chi connectivity index (χ0n) is 5.79. The van der Waals surface area contributed by atoms with Gasteiger partial charge in [-0.15, -0.1) is 0 Å². The minimum absolute atomic E-state index is 0.176. The van der Waals surface area contributed by atoms with Crippen LogP contribution in [0.25, 0.3) is 0 Å². The summed E-state index contributed by atoms with van der Waals surface area (Å²) >= 11 is 0. The van der Waals surface area contributed by atoms with Crippen molar-refractivity contribution in [3.05, 3.63) is 0 Å². The Kier molecular flexibility index (Phi) is 1.79. The Bertz CT molecular complexity index is 135. The summed E-state index contributed by atoms with van der Waals surface area (Å²) in [5, 5.41) is 3.81. The Morgan fingerprint density at radius 1 is 1.78 bits per heavy atom. The summed E-state index contributed by atoms with van der Waals surface area (Å²) in [5.41, 5.74) is 1.02. The molecule has 0 aromatic rings. The fourth-order valence-electron chi connectivity index (χ4n) is 1.01. The highest BCUT2D eigenvalue weighted by Crippen LogP contribution is 2.19. The Labute approximate surface area is 56.7 Å². The second-order valence-corrected chi connectivity index (χ2v) is 2.39. The van der Waals surface area contributed by atoms with Crippen LogP contribution in [0, 0.1) is 5.92 Å². The summed E-state index contributed by atoms with van der Waals surface area (Å²) < 4.78 is 0. The van der Waals surface area contributed by atoms with Gasteiger partial charge in [-0.3, -0.25) is 0 Å². The molecule has 1 aliphatic rings. The molecule has 0 bridgehead atoms. The van der Waals surface area contributed by atoms with E-state index in [1.807, 2.05) is 13.8 Å². The number of rotatable bonds is 1. The van der Waals surface area contributed by atoms with Gasteiger partial charge in [-0.1, -0.05) is 11.5 Å². The Morgan fingerprint density at radius 3 is 2.67 bits per heavy atom. The maximum Gasteiger partial charge on any atom is 0.132 e. The molecule has 0 spiro atoms. The Balaban J connectivity index is 2.57. The van der Waals surface area contributed by atoms with Gasteiger partial charge >= 0.3 is 0 Å². The summed E-state index contributed by atoms with van der Waals surface area (Å²) in [7, 11) is 5.45. The molecule has 0 fully saturated rings. The first-order chi connectivity index (χ1) is 4.25. The molecule has 48 valence electrons. The van der Waals surface area contributed by atoms with Crippen molar-refractivity contribution in [2.45, 2.75) is 26.3 Å². The lowest BCUT2D eigenvalue weighted by molar-refractivity contribution is 0.0801. The minimum Gasteiger partial charge on any atom is -0.392 e. The molecule has 3 heteroatoms. The van der Waals surface area contributed by atoms with Crippen molar-refractivity contribution in [2.24, 2.45) is 11.1 Å². The number of hydrogen-bond acceptors (Lipinski definition) is 2. The van der Waals surface area contributed by atoms with Crippen molar-refractivity contribution in [3.63, 3.8) is 0 Å². The molecule has 0 saturated heterocycles. The number of nitrogens with zero attached hydrogens (tertiary/aromatic N) is 1. The van der Waals surface area contributed by atoms with Crippen LogP contribution in [-0.4, -0.2) is 19.7 Å². The van der Waals surface area contributed by atoms with E-state index >= 15 is 0 Å². The zero-order chi connectivity index (χ0) is 6.85. The summed E-state index contributed by atoms with van der Waals surface area (Å²) in [6.07, 6.45) is 0.811. The summed E-state index contributed by atoms with van der Waals surface area (Å²) in [5.74, 6) is 0.338. The summed E-state index contributed by atoms with van der Waals surface area (Å²) in [6, 6.07) is 0. The van der Waals surface area contributed by atoms with Gasteiger partial charge in [0.2, 0.25) is 0 Å². The third-order valence-corrected chi connectivity index (χ3v) is 1.72. The van der Waals surface area contributed by atoms with Crippen LogP contribution in [0.1, 0.15) is 13.8 Å². The minimum atomic E-state index is 0.176. The van der Waals surface area contributed by atoms with Gasteiger partial charge in [0.1, 0.15) is 6.10 Å². The van der Waals surface area contributed by atoms with E-state index in [0.29, 0.717) is 12.2 Å². The van der Waals surface area contributed by atoms with Crippen molar-refractivity contribution in [1.29, 1.82) is 0 Å². The topological polar surface area (TPSA) is 21.6 Å². The monoisotopic (exact) mass is 123 g/mol. The Morgan fingerprint density at radius 2 is 2.44 bits per heavy atom. The molecule has 1 aliphatic heterocycles.